The Labute approximate surface area is 167 Å². The molecule has 3 aromatic rings. The molecule has 6 nitrogen and oxygen atoms in total. The second kappa shape index (κ2) is 7.90. The molecule has 9 heteroatoms. The number of H-pyrrole nitrogens is 1. The Morgan fingerprint density at radius 2 is 2.00 bits per heavy atom. The van der Waals surface area contributed by atoms with Gasteiger partial charge >= 0.3 is 0 Å². The number of aromatic amines is 1. The molecule has 26 heavy (non-hydrogen) atoms. The van der Waals surface area contributed by atoms with Gasteiger partial charge in [-0.2, -0.15) is 10.2 Å². The Kier molecular flexibility index (Phi) is 5.61. The lowest BCUT2D eigenvalue weighted by atomic mass is 10.1. The van der Waals surface area contributed by atoms with Crippen molar-refractivity contribution in [1.82, 2.24) is 15.6 Å². The molecule has 0 spiro atoms. The van der Waals surface area contributed by atoms with Crippen molar-refractivity contribution in [3.05, 3.63) is 68.2 Å². The summed E-state index contributed by atoms with van der Waals surface area (Å²) in [7, 11) is 0. The van der Waals surface area contributed by atoms with Crippen LogP contribution in [0.2, 0.25) is 10.0 Å². The van der Waals surface area contributed by atoms with Crippen LogP contribution in [0.25, 0.3) is 11.3 Å². The molecule has 0 atom stereocenters. The van der Waals surface area contributed by atoms with Gasteiger partial charge in [0.2, 0.25) is 0 Å². The van der Waals surface area contributed by atoms with Crippen LogP contribution in [0.5, 0.6) is 5.75 Å². The normalized spacial score (nSPS) is 11.0. The lowest BCUT2D eigenvalue weighted by Gasteiger charge is -2.00. The molecule has 0 unspecified atom stereocenters. The number of benzene rings is 2. The Hall–Kier alpha value is -2.35. The van der Waals surface area contributed by atoms with Gasteiger partial charge in [0.05, 0.1) is 22.0 Å². The van der Waals surface area contributed by atoms with Crippen LogP contribution in [-0.4, -0.2) is 27.4 Å². The number of phenols is 1. The number of amides is 1. The minimum Gasteiger partial charge on any atom is -0.507 e. The van der Waals surface area contributed by atoms with E-state index in [0.29, 0.717) is 21.3 Å². The summed E-state index contributed by atoms with van der Waals surface area (Å²) in [6.45, 7) is 0. The molecule has 0 saturated heterocycles. The van der Waals surface area contributed by atoms with Crippen LogP contribution in [0.1, 0.15) is 16.1 Å². The Morgan fingerprint density at radius 1 is 1.19 bits per heavy atom. The maximum Gasteiger partial charge on any atom is 0.289 e. The SMILES string of the molecule is O=C(NN=Cc1cc(Br)ccc1O)c1cc(-c2ccc(Cl)c(Cl)c2)n[nH]1. The van der Waals surface area contributed by atoms with Crippen molar-refractivity contribution in [2.75, 3.05) is 0 Å². The molecule has 0 fully saturated rings. The summed E-state index contributed by atoms with van der Waals surface area (Å²) in [5.74, 6) is -0.427. The largest absolute Gasteiger partial charge is 0.507 e. The van der Waals surface area contributed by atoms with Gasteiger partial charge in [0.1, 0.15) is 11.4 Å². The lowest BCUT2D eigenvalue weighted by molar-refractivity contribution is 0.0950. The summed E-state index contributed by atoms with van der Waals surface area (Å²) in [6, 6.07) is 11.5. The van der Waals surface area contributed by atoms with E-state index in [9.17, 15) is 9.90 Å². The number of rotatable bonds is 4. The number of nitrogens with zero attached hydrogens (tertiary/aromatic N) is 2. The predicted molar refractivity (Wildman–Crippen MR) is 105 cm³/mol. The molecule has 0 saturated carbocycles. The molecule has 1 heterocycles. The summed E-state index contributed by atoms with van der Waals surface area (Å²) in [6.07, 6.45) is 1.34. The van der Waals surface area contributed by atoms with E-state index in [1.54, 1.807) is 36.4 Å². The number of carbonyl (C=O) groups excluding carboxylic acids is 1. The van der Waals surface area contributed by atoms with Gasteiger partial charge in [-0.05, 0) is 36.4 Å². The van der Waals surface area contributed by atoms with Gasteiger partial charge in [-0.15, -0.1) is 0 Å². The smallest absolute Gasteiger partial charge is 0.289 e. The van der Waals surface area contributed by atoms with Gasteiger partial charge in [-0.3, -0.25) is 9.89 Å². The third-order valence-electron chi connectivity index (χ3n) is 3.40. The number of carbonyl (C=O) groups is 1. The highest BCUT2D eigenvalue weighted by Crippen LogP contribution is 2.27. The Morgan fingerprint density at radius 3 is 2.77 bits per heavy atom. The molecule has 3 rings (SSSR count). The zero-order valence-corrected chi connectivity index (χ0v) is 16.1. The van der Waals surface area contributed by atoms with Crippen LogP contribution in [0, 0.1) is 0 Å². The van der Waals surface area contributed by atoms with Crippen LogP contribution in [-0.2, 0) is 0 Å². The third-order valence-corrected chi connectivity index (χ3v) is 4.63. The zero-order chi connectivity index (χ0) is 18.7. The van der Waals surface area contributed by atoms with Crippen molar-refractivity contribution in [2.24, 2.45) is 5.10 Å². The van der Waals surface area contributed by atoms with Gasteiger partial charge < -0.3 is 5.11 Å². The standard InChI is InChI=1S/C17H11BrCl2N4O2/c18-11-2-4-16(25)10(5-11)8-21-24-17(26)15-7-14(22-23-15)9-1-3-12(19)13(20)6-9/h1-8,25H,(H,22,23)(H,24,26). The van der Waals surface area contributed by atoms with Crippen molar-refractivity contribution < 1.29 is 9.90 Å². The zero-order valence-electron chi connectivity index (χ0n) is 13.0. The second-order valence-corrected chi connectivity index (χ2v) is 6.93. The molecule has 0 radical (unpaired) electrons. The van der Waals surface area contributed by atoms with Gasteiger partial charge in [0.25, 0.3) is 5.91 Å². The fourth-order valence-electron chi connectivity index (χ4n) is 2.09. The van der Waals surface area contributed by atoms with Gasteiger partial charge in [-0.1, -0.05) is 45.2 Å². The van der Waals surface area contributed by atoms with Gasteiger partial charge in [0, 0.05) is 15.6 Å². The van der Waals surface area contributed by atoms with Crippen LogP contribution < -0.4 is 5.43 Å². The highest BCUT2D eigenvalue weighted by molar-refractivity contribution is 9.10. The molecule has 0 aliphatic carbocycles. The van der Waals surface area contributed by atoms with Crippen LogP contribution >= 0.6 is 39.1 Å². The first-order valence-corrected chi connectivity index (χ1v) is 8.81. The molecule has 132 valence electrons. The summed E-state index contributed by atoms with van der Waals surface area (Å²) < 4.78 is 0.780. The molecule has 0 aliphatic rings. The molecular formula is C17H11BrCl2N4O2. The van der Waals surface area contributed by atoms with Crippen LogP contribution in [0.15, 0.2) is 52.0 Å². The predicted octanol–water partition coefficient (Wildman–Crippen LogP) is 4.62. The number of aromatic hydroxyl groups is 1. The highest BCUT2D eigenvalue weighted by atomic mass is 79.9. The third kappa shape index (κ3) is 4.24. The maximum absolute atomic E-state index is 12.1. The van der Waals surface area contributed by atoms with E-state index in [0.717, 1.165) is 10.0 Å². The molecule has 0 bridgehead atoms. The van der Waals surface area contributed by atoms with Gasteiger partial charge in [-0.25, -0.2) is 5.43 Å². The van der Waals surface area contributed by atoms with E-state index in [1.807, 2.05) is 0 Å². The topological polar surface area (TPSA) is 90.4 Å². The van der Waals surface area contributed by atoms with E-state index >= 15 is 0 Å². The average Bonchev–Trinajstić information content (AvgIpc) is 3.10. The molecule has 3 N–H and O–H groups in total. The van der Waals surface area contributed by atoms with Gasteiger partial charge in [0.15, 0.2) is 0 Å². The molecular weight excluding hydrogens is 443 g/mol. The number of nitrogens with one attached hydrogen (secondary N) is 2. The summed E-state index contributed by atoms with van der Waals surface area (Å²) in [5, 5.41) is 21.1. The van der Waals surface area contributed by atoms with Crippen molar-refractivity contribution in [2.45, 2.75) is 0 Å². The average molecular weight is 454 g/mol. The molecule has 1 amide bonds. The first-order chi connectivity index (χ1) is 12.4. The van der Waals surface area contributed by atoms with Crippen LogP contribution in [0.4, 0.5) is 0 Å². The fourth-order valence-corrected chi connectivity index (χ4v) is 2.77. The minimum atomic E-state index is -0.477. The Balaban J connectivity index is 1.71. The second-order valence-electron chi connectivity index (χ2n) is 5.20. The number of hydrogen-bond acceptors (Lipinski definition) is 4. The first kappa shape index (κ1) is 18.4. The minimum absolute atomic E-state index is 0.0506. The van der Waals surface area contributed by atoms with Crippen LogP contribution in [0.3, 0.4) is 0 Å². The Bertz CT molecular complexity index is 1000. The number of hydrazone groups is 1. The highest BCUT2D eigenvalue weighted by Gasteiger charge is 2.11. The van der Waals surface area contributed by atoms with E-state index in [1.165, 1.54) is 12.3 Å². The number of halogens is 3. The first-order valence-electron chi connectivity index (χ1n) is 7.27. The lowest BCUT2D eigenvalue weighted by Crippen LogP contribution is -2.18. The van der Waals surface area contributed by atoms with E-state index in [-0.39, 0.29) is 11.4 Å². The van der Waals surface area contributed by atoms with E-state index in [2.05, 4.69) is 36.7 Å². The summed E-state index contributed by atoms with van der Waals surface area (Å²) in [5.41, 5.74) is 4.31. The van der Waals surface area contributed by atoms with Crippen molar-refractivity contribution in [3.8, 4) is 17.0 Å². The van der Waals surface area contributed by atoms with Crippen molar-refractivity contribution >= 4 is 51.3 Å². The summed E-state index contributed by atoms with van der Waals surface area (Å²) in [4.78, 5) is 12.1. The van der Waals surface area contributed by atoms with E-state index in [4.69, 9.17) is 23.2 Å². The summed E-state index contributed by atoms with van der Waals surface area (Å²) >= 11 is 15.2. The van der Waals surface area contributed by atoms with E-state index < -0.39 is 5.91 Å². The quantitative estimate of drug-likeness (QED) is 0.397. The number of phenolic OH excluding ortho intramolecular Hbond substituents is 1. The van der Waals surface area contributed by atoms with Crippen molar-refractivity contribution in [3.63, 3.8) is 0 Å². The number of hydrogen-bond donors (Lipinski definition) is 3. The number of aromatic nitrogens is 2. The monoisotopic (exact) mass is 452 g/mol. The molecule has 2 aromatic carbocycles. The molecule has 0 aliphatic heterocycles. The molecule has 1 aromatic heterocycles. The van der Waals surface area contributed by atoms with Crippen molar-refractivity contribution in [1.29, 1.82) is 0 Å². The fraction of sp³-hybridized carbons (Fsp3) is 0. The maximum atomic E-state index is 12.1.